The van der Waals surface area contributed by atoms with E-state index in [-0.39, 0.29) is 5.91 Å². The SMILES string of the molecule is O=C(Cc1cccnc1)NC1CCCC1. The van der Waals surface area contributed by atoms with Crippen molar-refractivity contribution in [3.05, 3.63) is 30.1 Å². The Labute approximate surface area is 89.9 Å². The Morgan fingerprint density at radius 3 is 2.93 bits per heavy atom. The first-order chi connectivity index (χ1) is 7.34. The predicted molar refractivity (Wildman–Crippen MR) is 58.3 cm³/mol. The normalized spacial score (nSPS) is 16.5. The molecule has 1 aliphatic rings. The molecule has 0 aliphatic heterocycles. The Morgan fingerprint density at radius 1 is 1.47 bits per heavy atom. The number of hydrogen-bond donors (Lipinski definition) is 1. The van der Waals surface area contributed by atoms with Crippen LogP contribution in [0.1, 0.15) is 31.2 Å². The molecule has 0 bridgehead atoms. The molecule has 1 N–H and O–H groups in total. The van der Waals surface area contributed by atoms with Crippen molar-refractivity contribution in [3.63, 3.8) is 0 Å². The zero-order chi connectivity index (χ0) is 10.5. The number of hydrogen-bond acceptors (Lipinski definition) is 2. The number of pyridine rings is 1. The summed E-state index contributed by atoms with van der Waals surface area (Å²) >= 11 is 0. The van der Waals surface area contributed by atoms with Gasteiger partial charge in [-0.25, -0.2) is 0 Å². The van der Waals surface area contributed by atoms with E-state index in [0.717, 1.165) is 18.4 Å². The lowest BCUT2D eigenvalue weighted by molar-refractivity contribution is -0.121. The van der Waals surface area contributed by atoms with Crippen molar-refractivity contribution in [2.75, 3.05) is 0 Å². The van der Waals surface area contributed by atoms with Crippen molar-refractivity contribution >= 4 is 5.91 Å². The van der Waals surface area contributed by atoms with Crippen LogP contribution in [0.15, 0.2) is 24.5 Å². The van der Waals surface area contributed by atoms with Crippen LogP contribution in [-0.4, -0.2) is 16.9 Å². The summed E-state index contributed by atoms with van der Waals surface area (Å²) in [6.45, 7) is 0. The van der Waals surface area contributed by atoms with E-state index in [1.54, 1.807) is 12.4 Å². The van der Waals surface area contributed by atoms with Gasteiger partial charge in [0.15, 0.2) is 0 Å². The molecule has 1 aromatic rings. The lowest BCUT2D eigenvalue weighted by Crippen LogP contribution is -2.33. The number of carbonyl (C=O) groups excluding carboxylic acids is 1. The highest BCUT2D eigenvalue weighted by molar-refractivity contribution is 5.78. The zero-order valence-electron chi connectivity index (χ0n) is 8.78. The second-order valence-corrected chi connectivity index (χ2v) is 4.09. The van der Waals surface area contributed by atoms with E-state index in [1.807, 2.05) is 12.1 Å². The van der Waals surface area contributed by atoms with Gasteiger partial charge in [0, 0.05) is 18.4 Å². The van der Waals surface area contributed by atoms with Crippen LogP contribution in [0, 0.1) is 0 Å². The van der Waals surface area contributed by atoms with Crippen molar-refractivity contribution < 1.29 is 4.79 Å². The van der Waals surface area contributed by atoms with Gasteiger partial charge in [-0.3, -0.25) is 9.78 Å². The molecule has 0 aromatic carbocycles. The lowest BCUT2D eigenvalue weighted by Gasteiger charge is -2.11. The minimum atomic E-state index is 0.120. The highest BCUT2D eigenvalue weighted by atomic mass is 16.1. The Hall–Kier alpha value is -1.38. The Kier molecular flexibility index (Phi) is 3.33. The smallest absolute Gasteiger partial charge is 0.224 e. The fraction of sp³-hybridized carbons (Fsp3) is 0.500. The molecule has 15 heavy (non-hydrogen) atoms. The van der Waals surface area contributed by atoms with E-state index in [0.29, 0.717) is 12.5 Å². The van der Waals surface area contributed by atoms with Crippen molar-refractivity contribution in [1.82, 2.24) is 10.3 Å². The maximum absolute atomic E-state index is 11.6. The third kappa shape index (κ3) is 3.05. The molecule has 0 saturated heterocycles. The molecule has 1 aliphatic carbocycles. The summed E-state index contributed by atoms with van der Waals surface area (Å²) in [5.74, 6) is 0.120. The molecule has 0 spiro atoms. The van der Waals surface area contributed by atoms with E-state index in [2.05, 4.69) is 10.3 Å². The van der Waals surface area contributed by atoms with Crippen LogP contribution in [0.5, 0.6) is 0 Å². The summed E-state index contributed by atoms with van der Waals surface area (Å²) < 4.78 is 0. The minimum Gasteiger partial charge on any atom is -0.353 e. The molecular weight excluding hydrogens is 188 g/mol. The second-order valence-electron chi connectivity index (χ2n) is 4.09. The minimum absolute atomic E-state index is 0.120. The van der Waals surface area contributed by atoms with Crippen LogP contribution in [0.3, 0.4) is 0 Å². The van der Waals surface area contributed by atoms with Crippen LogP contribution in [0.25, 0.3) is 0 Å². The van der Waals surface area contributed by atoms with Gasteiger partial charge in [0.1, 0.15) is 0 Å². The Morgan fingerprint density at radius 2 is 2.27 bits per heavy atom. The van der Waals surface area contributed by atoms with E-state index in [1.165, 1.54) is 12.8 Å². The Balaban J connectivity index is 1.82. The topological polar surface area (TPSA) is 42.0 Å². The maximum atomic E-state index is 11.6. The van der Waals surface area contributed by atoms with Crippen LogP contribution in [0.4, 0.5) is 0 Å². The van der Waals surface area contributed by atoms with Gasteiger partial charge in [-0.1, -0.05) is 18.9 Å². The van der Waals surface area contributed by atoms with Crippen LogP contribution < -0.4 is 5.32 Å². The standard InChI is InChI=1S/C12H16N2O/c15-12(14-11-5-1-2-6-11)8-10-4-3-7-13-9-10/h3-4,7,9,11H,1-2,5-6,8H2,(H,14,15). The van der Waals surface area contributed by atoms with E-state index < -0.39 is 0 Å². The third-order valence-corrected chi connectivity index (χ3v) is 2.81. The average molecular weight is 204 g/mol. The largest absolute Gasteiger partial charge is 0.353 e. The molecule has 3 nitrogen and oxygen atoms in total. The first-order valence-electron chi connectivity index (χ1n) is 5.53. The molecule has 1 amide bonds. The number of carbonyl (C=O) groups is 1. The number of nitrogens with one attached hydrogen (secondary N) is 1. The van der Waals surface area contributed by atoms with Crippen molar-refractivity contribution in [2.24, 2.45) is 0 Å². The predicted octanol–water partition coefficient (Wildman–Crippen LogP) is 1.68. The Bertz CT molecular complexity index is 318. The van der Waals surface area contributed by atoms with Crippen LogP contribution in [-0.2, 0) is 11.2 Å². The van der Waals surface area contributed by atoms with Crippen molar-refractivity contribution in [2.45, 2.75) is 38.1 Å². The molecule has 80 valence electrons. The first kappa shape index (κ1) is 10.1. The number of aromatic nitrogens is 1. The van der Waals surface area contributed by atoms with Gasteiger partial charge in [0.05, 0.1) is 6.42 Å². The maximum Gasteiger partial charge on any atom is 0.224 e. The van der Waals surface area contributed by atoms with E-state index in [4.69, 9.17) is 0 Å². The molecular formula is C12H16N2O. The molecule has 3 heteroatoms. The quantitative estimate of drug-likeness (QED) is 0.814. The van der Waals surface area contributed by atoms with Gasteiger partial charge in [-0.05, 0) is 24.5 Å². The highest BCUT2D eigenvalue weighted by Gasteiger charge is 2.16. The molecule has 2 rings (SSSR count). The van der Waals surface area contributed by atoms with E-state index in [9.17, 15) is 4.79 Å². The third-order valence-electron chi connectivity index (χ3n) is 2.81. The van der Waals surface area contributed by atoms with Gasteiger partial charge < -0.3 is 5.32 Å². The van der Waals surface area contributed by atoms with E-state index >= 15 is 0 Å². The molecule has 0 atom stereocenters. The lowest BCUT2D eigenvalue weighted by atomic mass is 10.2. The summed E-state index contributed by atoms with van der Waals surface area (Å²) in [4.78, 5) is 15.6. The summed E-state index contributed by atoms with van der Waals surface area (Å²) in [7, 11) is 0. The monoisotopic (exact) mass is 204 g/mol. The number of rotatable bonds is 3. The number of nitrogens with zero attached hydrogens (tertiary/aromatic N) is 1. The summed E-state index contributed by atoms with van der Waals surface area (Å²) in [6, 6.07) is 4.20. The second kappa shape index (κ2) is 4.91. The molecule has 0 unspecified atom stereocenters. The molecule has 1 saturated carbocycles. The molecule has 0 radical (unpaired) electrons. The zero-order valence-corrected chi connectivity index (χ0v) is 8.78. The fourth-order valence-electron chi connectivity index (χ4n) is 2.04. The van der Waals surface area contributed by atoms with Gasteiger partial charge in [0.25, 0.3) is 0 Å². The van der Waals surface area contributed by atoms with Crippen molar-refractivity contribution in [1.29, 1.82) is 0 Å². The summed E-state index contributed by atoms with van der Waals surface area (Å²) in [5.41, 5.74) is 0.980. The first-order valence-corrected chi connectivity index (χ1v) is 5.53. The summed E-state index contributed by atoms with van der Waals surface area (Å²) in [6.07, 6.45) is 8.68. The highest BCUT2D eigenvalue weighted by Crippen LogP contribution is 2.17. The van der Waals surface area contributed by atoms with Gasteiger partial charge in [-0.15, -0.1) is 0 Å². The average Bonchev–Trinajstić information content (AvgIpc) is 2.71. The van der Waals surface area contributed by atoms with Gasteiger partial charge >= 0.3 is 0 Å². The van der Waals surface area contributed by atoms with Gasteiger partial charge in [-0.2, -0.15) is 0 Å². The molecule has 1 heterocycles. The van der Waals surface area contributed by atoms with Crippen LogP contribution >= 0.6 is 0 Å². The fourth-order valence-corrected chi connectivity index (χ4v) is 2.04. The van der Waals surface area contributed by atoms with Crippen LogP contribution in [0.2, 0.25) is 0 Å². The molecule has 1 aromatic heterocycles. The number of amides is 1. The molecule has 1 fully saturated rings. The summed E-state index contributed by atoms with van der Waals surface area (Å²) in [5, 5.41) is 3.06. The van der Waals surface area contributed by atoms with Crippen molar-refractivity contribution in [3.8, 4) is 0 Å². The van der Waals surface area contributed by atoms with Gasteiger partial charge in [0.2, 0.25) is 5.91 Å².